The molecule has 0 bridgehead atoms. The highest BCUT2D eigenvalue weighted by Gasteiger charge is 2.17. The van der Waals surface area contributed by atoms with Crippen molar-refractivity contribution in [3.63, 3.8) is 0 Å². The van der Waals surface area contributed by atoms with Gasteiger partial charge in [0.1, 0.15) is 11.8 Å². The third-order valence-corrected chi connectivity index (χ3v) is 4.13. The fourth-order valence-electron chi connectivity index (χ4n) is 2.81. The maximum atomic E-state index is 9.51. The second-order valence-electron chi connectivity index (χ2n) is 5.73. The van der Waals surface area contributed by atoms with Crippen molar-refractivity contribution < 1.29 is 19.4 Å². The molecule has 0 unspecified atom stereocenters. The fraction of sp³-hybridized carbons (Fsp3) is 0.562. The molecular weight excluding hydrogens is 298 g/mol. The normalized spacial score (nSPS) is 17.1. The van der Waals surface area contributed by atoms with Crippen molar-refractivity contribution >= 4 is 10.9 Å². The van der Waals surface area contributed by atoms with Crippen LogP contribution in [0.3, 0.4) is 0 Å². The number of hydrogen-bond acceptors (Lipinski definition) is 7. The molecule has 2 aromatic rings. The van der Waals surface area contributed by atoms with E-state index in [1.165, 1.54) is 6.26 Å². The standard InChI is InChI=1S/C16H23N3O4/c20-8-10-22-9-7-18-3-5-19(6-4-18)11-13-1-2-14-15(17-13)12-23-16(14)21/h1-2,12,20-21H,3-11H2. The molecule has 0 aromatic carbocycles. The van der Waals surface area contributed by atoms with Gasteiger partial charge in [0.25, 0.3) is 5.95 Å². The van der Waals surface area contributed by atoms with Crippen molar-refractivity contribution in [1.82, 2.24) is 14.8 Å². The number of aromatic hydroxyl groups is 1. The molecule has 1 fully saturated rings. The number of hydrogen-bond donors (Lipinski definition) is 2. The van der Waals surface area contributed by atoms with E-state index in [1.54, 1.807) is 0 Å². The van der Waals surface area contributed by atoms with Gasteiger partial charge in [-0.25, -0.2) is 4.98 Å². The first-order valence-electron chi connectivity index (χ1n) is 7.95. The summed E-state index contributed by atoms with van der Waals surface area (Å²) in [5.74, 6) is -0.0731. The average molecular weight is 321 g/mol. The molecule has 7 nitrogen and oxygen atoms in total. The van der Waals surface area contributed by atoms with Gasteiger partial charge in [-0.3, -0.25) is 9.80 Å². The van der Waals surface area contributed by atoms with Crippen LogP contribution in [0.1, 0.15) is 5.69 Å². The maximum absolute atomic E-state index is 9.51. The summed E-state index contributed by atoms with van der Waals surface area (Å²) in [5.41, 5.74) is 1.68. The van der Waals surface area contributed by atoms with Gasteiger partial charge in [-0.05, 0) is 12.1 Å². The van der Waals surface area contributed by atoms with E-state index in [0.29, 0.717) is 24.1 Å². The molecule has 2 aromatic heterocycles. The van der Waals surface area contributed by atoms with Gasteiger partial charge in [0, 0.05) is 39.3 Å². The summed E-state index contributed by atoms with van der Waals surface area (Å²) < 4.78 is 10.3. The molecule has 0 atom stereocenters. The van der Waals surface area contributed by atoms with Crippen molar-refractivity contribution in [1.29, 1.82) is 0 Å². The van der Waals surface area contributed by atoms with Gasteiger partial charge in [-0.1, -0.05) is 0 Å². The smallest absolute Gasteiger partial charge is 0.291 e. The molecule has 0 saturated carbocycles. The van der Waals surface area contributed by atoms with Gasteiger partial charge in [-0.15, -0.1) is 0 Å². The van der Waals surface area contributed by atoms with Gasteiger partial charge < -0.3 is 19.4 Å². The van der Waals surface area contributed by atoms with Crippen LogP contribution in [-0.4, -0.2) is 77.5 Å². The second-order valence-corrected chi connectivity index (χ2v) is 5.73. The van der Waals surface area contributed by atoms with Crippen LogP contribution in [0.2, 0.25) is 0 Å². The predicted molar refractivity (Wildman–Crippen MR) is 85.3 cm³/mol. The van der Waals surface area contributed by atoms with Gasteiger partial charge in [0.05, 0.1) is 30.9 Å². The molecule has 0 amide bonds. The highest BCUT2D eigenvalue weighted by molar-refractivity contribution is 5.82. The van der Waals surface area contributed by atoms with Crippen LogP contribution in [0, 0.1) is 0 Å². The number of rotatable bonds is 7. The van der Waals surface area contributed by atoms with Gasteiger partial charge in [0.15, 0.2) is 0 Å². The Morgan fingerprint density at radius 1 is 1.13 bits per heavy atom. The number of aliphatic hydroxyl groups is 1. The van der Waals surface area contributed by atoms with E-state index in [4.69, 9.17) is 14.3 Å². The van der Waals surface area contributed by atoms with Gasteiger partial charge in [-0.2, -0.15) is 0 Å². The van der Waals surface area contributed by atoms with Crippen LogP contribution >= 0.6 is 0 Å². The Morgan fingerprint density at radius 3 is 2.70 bits per heavy atom. The van der Waals surface area contributed by atoms with E-state index >= 15 is 0 Å². The molecule has 0 spiro atoms. The maximum Gasteiger partial charge on any atom is 0.291 e. The van der Waals surface area contributed by atoms with E-state index in [0.717, 1.165) is 45.0 Å². The summed E-state index contributed by atoms with van der Waals surface area (Å²) >= 11 is 0. The van der Waals surface area contributed by atoms with Crippen molar-refractivity contribution in [2.45, 2.75) is 6.54 Å². The molecule has 7 heteroatoms. The van der Waals surface area contributed by atoms with Gasteiger partial charge in [0.2, 0.25) is 0 Å². The minimum Gasteiger partial charge on any atom is -0.480 e. The summed E-state index contributed by atoms with van der Waals surface area (Å²) in [6.45, 7) is 6.89. The monoisotopic (exact) mass is 321 g/mol. The summed E-state index contributed by atoms with van der Waals surface area (Å²) in [6, 6.07) is 3.79. The molecule has 0 radical (unpaired) electrons. The topological polar surface area (TPSA) is 82.2 Å². The van der Waals surface area contributed by atoms with Crippen molar-refractivity contribution in [3.8, 4) is 5.95 Å². The Morgan fingerprint density at radius 2 is 1.91 bits per heavy atom. The van der Waals surface area contributed by atoms with Crippen molar-refractivity contribution in [2.24, 2.45) is 0 Å². The Bertz CT molecular complexity index is 623. The number of furan rings is 1. The molecule has 23 heavy (non-hydrogen) atoms. The summed E-state index contributed by atoms with van der Waals surface area (Å²) in [5, 5.41) is 18.8. The minimum atomic E-state index is -0.0731. The fourth-order valence-corrected chi connectivity index (χ4v) is 2.81. The lowest BCUT2D eigenvalue weighted by Crippen LogP contribution is -2.46. The number of ether oxygens (including phenoxy) is 1. The first-order chi connectivity index (χ1) is 11.3. The van der Waals surface area contributed by atoms with Crippen LogP contribution < -0.4 is 0 Å². The Balaban J connectivity index is 1.46. The number of pyridine rings is 1. The van der Waals surface area contributed by atoms with Crippen LogP contribution in [0.5, 0.6) is 5.95 Å². The highest BCUT2D eigenvalue weighted by Crippen LogP contribution is 2.25. The minimum absolute atomic E-state index is 0.0731. The summed E-state index contributed by atoms with van der Waals surface area (Å²) in [4.78, 5) is 9.27. The largest absolute Gasteiger partial charge is 0.480 e. The average Bonchev–Trinajstić information content (AvgIpc) is 2.94. The van der Waals surface area contributed by atoms with Crippen LogP contribution in [0.15, 0.2) is 22.8 Å². The molecule has 1 saturated heterocycles. The number of aliphatic hydroxyl groups excluding tert-OH is 1. The summed E-state index contributed by atoms with van der Waals surface area (Å²) in [7, 11) is 0. The molecule has 2 N–H and O–H groups in total. The van der Waals surface area contributed by atoms with E-state index in [2.05, 4.69) is 14.8 Å². The van der Waals surface area contributed by atoms with E-state index < -0.39 is 0 Å². The van der Waals surface area contributed by atoms with E-state index in [1.807, 2.05) is 12.1 Å². The van der Waals surface area contributed by atoms with Crippen LogP contribution in [-0.2, 0) is 11.3 Å². The first kappa shape index (κ1) is 16.2. The molecule has 1 aliphatic rings. The highest BCUT2D eigenvalue weighted by atomic mass is 16.5. The lowest BCUT2D eigenvalue weighted by molar-refractivity contribution is 0.0562. The lowest BCUT2D eigenvalue weighted by atomic mass is 10.2. The third-order valence-electron chi connectivity index (χ3n) is 4.13. The molecule has 0 aliphatic carbocycles. The number of fused-ring (bicyclic) bond motifs is 1. The molecule has 3 rings (SSSR count). The van der Waals surface area contributed by atoms with Crippen LogP contribution in [0.4, 0.5) is 0 Å². The van der Waals surface area contributed by atoms with Crippen molar-refractivity contribution in [3.05, 3.63) is 24.1 Å². The zero-order chi connectivity index (χ0) is 16.1. The second kappa shape index (κ2) is 7.74. The van der Waals surface area contributed by atoms with E-state index in [9.17, 15) is 5.11 Å². The SMILES string of the molecule is OCCOCCN1CCN(Cc2ccc3c(O)occ3n2)CC1. The Kier molecular flexibility index (Phi) is 5.45. The number of nitrogens with zero attached hydrogens (tertiary/aromatic N) is 3. The zero-order valence-electron chi connectivity index (χ0n) is 13.1. The number of piperazine rings is 1. The molecule has 126 valence electrons. The van der Waals surface area contributed by atoms with Gasteiger partial charge >= 0.3 is 0 Å². The van der Waals surface area contributed by atoms with Crippen LogP contribution in [0.25, 0.3) is 10.9 Å². The Hall–Kier alpha value is -1.67. The van der Waals surface area contributed by atoms with Crippen molar-refractivity contribution in [2.75, 3.05) is 52.5 Å². The molecule has 3 heterocycles. The van der Waals surface area contributed by atoms with E-state index in [-0.39, 0.29) is 12.6 Å². The lowest BCUT2D eigenvalue weighted by Gasteiger charge is -2.34. The number of aromatic nitrogens is 1. The molecule has 1 aliphatic heterocycles. The predicted octanol–water partition coefficient (Wildman–Crippen LogP) is 0.660. The first-order valence-corrected chi connectivity index (χ1v) is 7.95. The molecular formula is C16H23N3O4. The quantitative estimate of drug-likeness (QED) is 0.725. The summed E-state index contributed by atoms with van der Waals surface area (Å²) in [6.07, 6.45) is 1.48. The third kappa shape index (κ3) is 4.20. The Labute approximate surface area is 135 Å². The zero-order valence-corrected chi connectivity index (χ0v) is 13.1.